The Morgan fingerprint density at radius 2 is 1.46 bits per heavy atom. The number of rotatable bonds is 6. The molecule has 0 atom stereocenters. The van der Waals surface area contributed by atoms with Gasteiger partial charge in [0.2, 0.25) is 0 Å². The number of nitrogens with one attached hydrogen (secondary N) is 1. The summed E-state index contributed by atoms with van der Waals surface area (Å²) in [5.41, 5.74) is 3.57. The highest BCUT2D eigenvalue weighted by Crippen LogP contribution is 2.16. The van der Waals surface area contributed by atoms with Gasteiger partial charge in [-0.1, -0.05) is 66.7 Å². The van der Waals surface area contributed by atoms with Crippen LogP contribution in [0.25, 0.3) is 0 Å². The molecule has 0 bridgehead atoms. The molecule has 0 fully saturated rings. The van der Waals surface area contributed by atoms with E-state index in [0.29, 0.717) is 23.8 Å². The summed E-state index contributed by atoms with van der Waals surface area (Å²) in [5.74, 6) is -0.375. The Labute approximate surface area is 170 Å². The first-order valence-electron chi connectivity index (χ1n) is 8.98. The fraction of sp³-hybridized carbons (Fsp3) is 0.130. The standard InChI is InChI=1S/C23H22N2O2S/c1-27-22(26)20-13-8-14-21(15-20)24-23(28)25(16-18-9-4-2-5-10-18)17-19-11-6-3-7-12-19/h2-15H,16-17H2,1H3,(H,24,28). The summed E-state index contributed by atoms with van der Waals surface area (Å²) in [7, 11) is 1.37. The van der Waals surface area contributed by atoms with Crippen LogP contribution in [-0.4, -0.2) is 23.1 Å². The molecule has 0 aromatic heterocycles. The van der Waals surface area contributed by atoms with Gasteiger partial charge < -0.3 is 15.0 Å². The Bertz CT molecular complexity index is 888. The summed E-state index contributed by atoms with van der Waals surface area (Å²) in [6.45, 7) is 1.36. The van der Waals surface area contributed by atoms with Crippen LogP contribution >= 0.6 is 12.2 Å². The number of hydrogen-bond donors (Lipinski definition) is 1. The summed E-state index contributed by atoms with van der Waals surface area (Å²) >= 11 is 5.69. The summed E-state index contributed by atoms with van der Waals surface area (Å²) < 4.78 is 4.79. The van der Waals surface area contributed by atoms with Gasteiger partial charge in [0.05, 0.1) is 12.7 Å². The third-order valence-corrected chi connectivity index (χ3v) is 4.61. The molecule has 142 valence electrons. The van der Waals surface area contributed by atoms with Crippen molar-refractivity contribution < 1.29 is 9.53 Å². The Balaban J connectivity index is 1.78. The number of carbonyl (C=O) groups excluding carboxylic acids is 1. The van der Waals surface area contributed by atoms with Crippen LogP contribution in [0.1, 0.15) is 21.5 Å². The van der Waals surface area contributed by atoms with Gasteiger partial charge in [-0.15, -0.1) is 0 Å². The Morgan fingerprint density at radius 1 is 0.893 bits per heavy atom. The van der Waals surface area contributed by atoms with Crippen molar-refractivity contribution in [3.05, 3.63) is 102 Å². The predicted molar refractivity (Wildman–Crippen MR) is 116 cm³/mol. The molecule has 5 heteroatoms. The molecule has 0 unspecified atom stereocenters. The molecule has 0 saturated heterocycles. The maximum atomic E-state index is 11.8. The van der Waals surface area contributed by atoms with Crippen LogP contribution in [0.15, 0.2) is 84.9 Å². The maximum Gasteiger partial charge on any atom is 0.337 e. The van der Waals surface area contributed by atoms with Crippen LogP contribution in [0.3, 0.4) is 0 Å². The minimum atomic E-state index is -0.375. The summed E-state index contributed by atoms with van der Waals surface area (Å²) in [6, 6.07) is 27.5. The molecule has 1 N–H and O–H groups in total. The number of esters is 1. The van der Waals surface area contributed by atoms with E-state index in [4.69, 9.17) is 17.0 Å². The van der Waals surface area contributed by atoms with Gasteiger partial charge in [-0.05, 0) is 41.5 Å². The third-order valence-electron chi connectivity index (χ3n) is 4.25. The van der Waals surface area contributed by atoms with Crippen molar-refractivity contribution in [3.63, 3.8) is 0 Å². The molecule has 3 aromatic rings. The lowest BCUT2D eigenvalue weighted by molar-refractivity contribution is 0.0601. The fourth-order valence-electron chi connectivity index (χ4n) is 2.85. The van der Waals surface area contributed by atoms with E-state index < -0.39 is 0 Å². The van der Waals surface area contributed by atoms with Gasteiger partial charge in [-0.25, -0.2) is 4.79 Å². The molecule has 0 aliphatic rings. The van der Waals surface area contributed by atoms with E-state index in [1.165, 1.54) is 18.2 Å². The SMILES string of the molecule is COC(=O)c1cccc(NC(=S)N(Cc2ccccc2)Cc2ccccc2)c1. The van der Waals surface area contributed by atoms with Gasteiger partial charge in [-0.2, -0.15) is 0 Å². The molecule has 0 spiro atoms. The second-order valence-electron chi connectivity index (χ2n) is 6.33. The number of hydrogen-bond acceptors (Lipinski definition) is 3. The zero-order valence-corrected chi connectivity index (χ0v) is 16.5. The summed E-state index contributed by atoms with van der Waals surface area (Å²) in [4.78, 5) is 13.9. The van der Waals surface area contributed by atoms with E-state index in [-0.39, 0.29) is 5.97 Å². The molecule has 0 aliphatic carbocycles. The van der Waals surface area contributed by atoms with Crippen molar-refractivity contribution in [2.45, 2.75) is 13.1 Å². The quantitative estimate of drug-likeness (QED) is 0.480. The van der Waals surface area contributed by atoms with Gasteiger partial charge in [0.15, 0.2) is 5.11 Å². The lowest BCUT2D eigenvalue weighted by Crippen LogP contribution is -2.33. The zero-order chi connectivity index (χ0) is 19.8. The molecule has 0 aliphatic heterocycles. The summed E-state index contributed by atoms with van der Waals surface area (Å²) in [6.07, 6.45) is 0. The van der Waals surface area contributed by atoms with E-state index >= 15 is 0 Å². The van der Waals surface area contributed by atoms with Gasteiger partial charge >= 0.3 is 5.97 Å². The second kappa shape index (κ2) is 9.67. The Kier molecular flexibility index (Phi) is 6.76. The molecule has 0 saturated carbocycles. The number of nitrogens with zero attached hydrogens (tertiary/aromatic N) is 1. The highest BCUT2D eigenvalue weighted by atomic mass is 32.1. The van der Waals surface area contributed by atoms with Gasteiger partial charge in [0.25, 0.3) is 0 Å². The molecule has 3 aromatic carbocycles. The number of benzene rings is 3. The van der Waals surface area contributed by atoms with E-state index in [0.717, 1.165) is 5.69 Å². The topological polar surface area (TPSA) is 41.6 Å². The van der Waals surface area contributed by atoms with Crippen molar-refractivity contribution >= 4 is 29.0 Å². The largest absolute Gasteiger partial charge is 0.465 e. The van der Waals surface area contributed by atoms with Crippen LogP contribution in [0.4, 0.5) is 5.69 Å². The normalized spacial score (nSPS) is 10.2. The van der Waals surface area contributed by atoms with Crippen LogP contribution in [0, 0.1) is 0 Å². The fourth-order valence-corrected chi connectivity index (χ4v) is 3.10. The van der Waals surface area contributed by atoms with Gasteiger partial charge in [0, 0.05) is 18.8 Å². The first-order valence-corrected chi connectivity index (χ1v) is 9.38. The average Bonchev–Trinajstić information content (AvgIpc) is 2.74. The molecular weight excluding hydrogens is 368 g/mol. The lowest BCUT2D eigenvalue weighted by Gasteiger charge is -2.26. The smallest absolute Gasteiger partial charge is 0.337 e. The molecule has 0 radical (unpaired) electrons. The Morgan fingerprint density at radius 3 is 2.00 bits per heavy atom. The van der Waals surface area contributed by atoms with Gasteiger partial charge in [-0.3, -0.25) is 0 Å². The molecule has 0 heterocycles. The zero-order valence-electron chi connectivity index (χ0n) is 15.7. The number of thiocarbonyl (C=S) groups is 1. The van der Waals surface area contributed by atoms with E-state index in [1.807, 2.05) is 42.5 Å². The molecule has 0 amide bonds. The number of anilines is 1. The minimum Gasteiger partial charge on any atom is -0.465 e. The van der Waals surface area contributed by atoms with Crippen molar-refractivity contribution in [1.29, 1.82) is 0 Å². The monoisotopic (exact) mass is 390 g/mol. The molecule has 28 heavy (non-hydrogen) atoms. The number of ether oxygens (including phenoxy) is 1. The van der Waals surface area contributed by atoms with E-state index in [2.05, 4.69) is 34.5 Å². The highest BCUT2D eigenvalue weighted by Gasteiger charge is 2.13. The highest BCUT2D eigenvalue weighted by molar-refractivity contribution is 7.80. The molecular formula is C23H22N2O2S. The first kappa shape index (κ1) is 19.6. The number of carbonyl (C=O) groups is 1. The minimum absolute atomic E-state index is 0.375. The maximum absolute atomic E-state index is 11.8. The molecule has 4 nitrogen and oxygen atoms in total. The number of methoxy groups -OCH3 is 1. The van der Waals surface area contributed by atoms with E-state index in [9.17, 15) is 4.79 Å². The van der Waals surface area contributed by atoms with E-state index in [1.54, 1.807) is 18.2 Å². The lowest BCUT2D eigenvalue weighted by atomic mass is 10.1. The van der Waals surface area contributed by atoms with Crippen molar-refractivity contribution in [2.75, 3.05) is 12.4 Å². The predicted octanol–water partition coefficient (Wildman–Crippen LogP) is 4.87. The van der Waals surface area contributed by atoms with Crippen molar-refractivity contribution in [3.8, 4) is 0 Å². The van der Waals surface area contributed by atoms with Crippen molar-refractivity contribution in [1.82, 2.24) is 4.90 Å². The van der Waals surface area contributed by atoms with Crippen LogP contribution in [0.2, 0.25) is 0 Å². The van der Waals surface area contributed by atoms with Crippen LogP contribution in [0.5, 0.6) is 0 Å². The van der Waals surface area contributed by atoms with Gasteiger partial charge in [0.1, 0.15) is 0 Å². The third kappa shape index (κ3) is 5.41. The molecule has 3 rings (SSSR count). The first-order chi connectivity index (χ1) is 13.7. The van der Waals surface area contributed by atoms with Crippen LogP contribution in [-0.2, 0) is 17.8 Å². The summed E-state index contributed by atoms with van der Waals surface area (Å²) in [5, 5.41) is 3.84. The average molecular weight is 391 g/mol. The van der Waals surface area contributed by atoms with Crippen molar-refractivity contribution in [2.24, 2.45) is 0 Å². The second-order valence-corrected chi connectivity index (χ2v) is 6.72. The van der Waals surface area contributed by atoms with Crippen LogP contribution < -0.4 is 5.32 Å². The Hall–Kier alpha value is -3.18.